The average molecular weight is 514 g/mol. The summed E-state index contributed by atoms with van der Waals surface area (Å²) in [7, 11) is 0. The van der Waals surface area contributed by atoms with Gasteiger partial charge in [0.05, 0.1) is 16.8 Å². The van der Waals surface area contributed by atoms with Crippen molar-refractivity contribution in [3.63, 3.8) is 0 Å². The number of rotatable bonds is 9. The first-order chi connectivity index (χ1) is 17.4. The summed E-state index contributed by atoms with van der Waals surface area (Å²) in [6, 6.07) is 11.0. The molecule has 2 heterocycles. The van der Waals surface area contributed by atoms with Crippen LogP contribution in [0.15, 0.2) is 59.9 Å². The third-order valence-corrected chi connectivity index (χ3v) is 6.63. The Morgan fingerprint density at radius 3 is 2.58 bits per heavy atom. The zero-order chi connectivity index (χ0) is 25.7. The van der Waals surface area contributed by atoms with Crippen molar-refractivity contribution < 1.29 is 8.78 Å². The van der Waals surface area contributed by atoms with Crippen molar-refractivity contribution in [2.24, 2.45) is 10.7 Å². The van der Waals surface area contributed by atoms with Crippen LogP contribution in [-0.2, 0) is 6.54 Å². The Hall–Kier alpha value is -3.27. The highest BCUT2D eigenvalue weighted by Crippen LogP contribution is 2.37. The zero-order valence-electron chi connectivity index (χ0n) is 19.9. The van der Waals surface area contributed by atoms with Crippen LogP contribution in [0.2, 0.25) is 5.02 Å². The monoisotopic (exact) mass is 513 g/mol. The number of nitrogens with two attached hydrogens (primary N) is 2. The summed E-state index contributed by atoms with van der Waals surface area (Å²) < 4.78 is 30.6. The van der Waals surface area contributed by atoms with Crippen molar-refractivity contribution in [2.45, 2.75) is 25.4 Å². The molecule has 36 heavy (non-hydrogen) atoms. The van der Waals surface area contributed by atoms with Gasteiger partial charge in [0.25, 0.3) is 0 Å². The van der Waals surface area contributed by atoms with E-state index in [2.05, 4.69) is 26.8 Å². The molecule has 1 saturated heterocycles. The van der Waals surface area contributed by atoms with Gasteiger partial charge in [-0.15, -0.1) is 0 Å². The number of anilines is 1. The van der Waals surface area contributed by atoms with E-state index in [0.29, 0.717) is 35.3 Å². The van der Waals surface area contributed by atoms with E-state index in [4.69, 9.17) is 23.1 Å². The molecule has 190 valence electrons. The summed E-state index contributed by atoms with van der Waals surface area (Å²) in [5.41, 5.74) is 13.3. The summed E-state index contributed by atoms with van der Waals surface area (Å²) in [4.78, 5) is 11.3. The number of nitrogens with zero attached hydrogens (tertiary/aromatic N) is 4. The summed E-state index contributed by atoms with van der Waals surface area (Å²) in [6.07, 6.45) is 3.10. The highest BCUT2D eigenvalue weighted by Gasteiger charge is 2.28. The molecule has 0 radical (unpaired) electrons. The second-order valence-electron chi connectivity index (χ2n) is 8.68. The first-order valence-electron chi connectivity index (χ1n) is 11.8. The van der Waals surface area contributed by atoms with Crippen molar-refractivity contribution in [1.29, 1.82) is 0 Å². The molecule has 1 aromatic heterocycles. The lowest BCUT2D eigenvalue weighted by atomic mass is 10.0. The molecule has 2 aromatic carbocycles. The van der Waals surface area contributed by atoms with Gasteiger partial charge in [0.2, 0.25) is 0 Å². The number of nitrogens with one attached hydrogen (secondary N) is 1. The molecule has 0 aliphatic carbocycles. The fraction of sp³-hybridized carbons (Fsp3) is 0.308. The molecule has 7 nitrogen and oxygen atoms in total. The lowest BCUT2D eigenvalue weighted by molar-refractivity contribution is 0.192. The minimum absolute atomic E-state index is 0.0155. The molecule has 5 N–H and O–H groups in total. The molecule has 1 fully saturated rings. The average Bonchev–Trinajstić information content (AvgIpc) is 3.18. The number of hydrogen-bond donors (Lipinski definition) is 3. The molecule has 10 heteroatoms. The largest absolute Gasteiger partial charge is 0.383 e. The van der Waals surface area contributed by atoms with Gasteiger partial charge in [0.15, 0.2) is 0 Å². The third kappa shape index (κ3) is 5.75. The number of aliphatic imine (C=N–C) groups is 1. The van der Waals surface area contributed by atoms with Crippen molar-refractivity contribution in [3.8, 4) is 11.4 Å². The van der Waals surface area contributed by atoms with Gasteiger partial charge in [-0.3, -0.25) is 0 Å². The number of imidazole rings is 1. The number of aromatic nitrogens is 2. The van der Waals surface area contributed by atoms with E-state index in [-0.39, 0.29) is 29.0 Å². The first-order valence-corrected chi connectivity index (χ1v) is 12.2. The van der Waals surface area contributed by atoms with Gasteiger partial charge < -0.3 is 26.3 Å². The minimum Gasteiger partial charge on any atom is -0.383 e. The first kappa shape index (κ1) is 25.8. The van der Waals surface area contributed by atoms with Crippen molar-refractivity contribution in [1.82, 2.24) is 19.8 Å². The molecule has 0 unspecified atom stereocenters. The van der Waals surface area contributed by atoms with E-state index >= 15 is 0 Å². The van der Waals surface area contributed by atoms with Gasteiger partial charge in [-0.05, 0) is 31.0 Å². The van der Waals surface area contributed by atoms with Crippen LogP contribution in [-0.4, -0.2) is 46.8 Å². The molecule has 1 aliphatic heterocycles. The van der Waals surface area contributed by atoms with Crippen LogP contribution in [0.3, 0.4) is 0 Å². The summed E-state index contributed by atoms with van der Waals surface area (Å²) in [5, 5.41) is 3.23. The van der Waals surface area contributed by atoms with Crippen LogP contribution in [0, 0.1) is 11.6 Å². The number of halogens is 3. The van der Waals surface area contributed by atoms with Crippen LogP contribution < -0.4 is 16.8 Å². The Balaban J connectivity index is 1.61. The van der Waals surface area contributed by atoms with Crippen LogP contribution in [0.5, 0.6) is 0 Å². The maximum absolute atomic E-state index is 14.9. The Bertz CT molecular complexity index is 1230. The van der Waals surface area contributed by atoms with Crippen LogP contribution in [0.1, 0.15) is 30.1 Å². The van der Waals surface area contributed by atoms with Gasteiger partial charge in [-0.1, -0.05) is 42.4 Å². The van der Waals surface area contributed by atoms with Gasteiger partial charge >= 0.3 is 0 Å². The lowest BCUT2D eigenvalue weighted by Crippen LogP contribution is -2.38. The number of likely N-dealkylation sites (tertiary alicyclic amines) is 1. The maximum Gasteiger partial charge on any atom is 0.147 e. The van der Waals surface area contributed by atoms with Gasteiger partial charge in [0.1, 0.15) is 34.8 Å². The van der Waals surface area contributed by atoms with E-state index in [0.717, 1.165) is 32.5 Å². The van der Waals surface area contributed by atoms with E-state index in [1.807, 2.05) is 4.57 Å². The summed E-state index contributed by atoms with van der Waals surface area (Å²) in [6.45, 7) is 7.23. The van der Waals surface area contributed by atoms with Crippen LogP contribution in [0.25, 0.3) is 11.4 Å². The van der Waals surface area contributed by atoms with Crippen LogP contribution >= 0.6 is 11.6 Å². The van der Waals surface area contributed by atoms with E-state index < -0.39 is 5.82 Å². The van der Waals surface area contributed by atoms with Gasteiger partial charge in [0, 0.05) is 44.3 Å². The molecular formula is C26H30ClF2N7. The van der Waals surface area contributed by atoms with Crippen molar-refractivity contribution in [3.05, 3.63) is 82.8 Å². The molecular weight excluding hydrogens is 484 g/mol. The molecule has 0 atom stereocenters. The Morgan fingerprint density at radius 2 is 1.89 bits per heavy atom. The molecule has 0 saturated carbocycles. The van der Waals surface area contributed by atoms with Gasteiger partial charge in [-0.2, -0.15) is 0 Å². The zero-order valence-corrected chi connectivity index (χ0v) is 20.7. The topological polar surface area (TPSA) is 97.5 Å². The highest BCUT2D eigenvalue weighted by atomic mass is 35.5. The molecule has 0 bridgehead atoms. The maximum atomic E-state index is 14.9. The van der Waals surface area contributed by atoms with E-state index in [1.54, 1.807) is 30.3 Å². The highest BCUT2D eigenvalue weighted by molar-refractivity contribution is 6.33. The predicted octanol–water partition coefficient (Wildman–Crippen LogP) is 4.34. The molecule has 3 aromatic rings. The SMILES string of the molecule is C=C(N=Cc1nc(-c2c(F)cccc2Cl)n(C2CCN(CCN)CC2)c1N)NCc1ccccc1F. The number of nitrogen functional groups attached to an aromatic ring is 1. The second-order valence-corrected chi connectivity index (χ2v) is 9.09. The molecule has 0 spiro atoms. The number of benzene rings is 2. The standard InChI is InChI=1S/C26H30ClF2N7/c1-17(32-15-18-5-2-3-7-21(18)28)33-16-23-25(31)36(19-9-12-35(13-10-19)14-11-30)26(34-23)24-20(27)6-4-8-22(24)29/h2-8,16,19,32H,1,9-15,30-31H2. The predicted molar refractivity (Wildman–Crippen MR) is 141 cm³/mol. The van der Waals surface area contributed by atoms with E-state index in [9.17, 15) is 8.78 Å². The Morgan fingerprint density at radius 1 is 1.17 bits per heavy atom. The number of piperidine rings is 1. The van der Waals surface area contributed by atoms with E-state index in [1.165, 1.54) is 18.3 Å². The summed E-state index contributed by atoms with van der Waals surface area (Å²) >= 11 is 6.40. The summed E-state index contributed by atoms with van der Waals surface area (Å²) in [5.74, 6) is 0.252. The normalized spacial score (nSPS) is 15.0. The fourth-order valence-corrected chi connectivity index (χ4v) is 4.67. The minimum atomic E-state index is -0.478. The van der Waals surface area contributed by atoms with Crippen molar-refractivity contribution in [2.75, 3.05) is 31.9 Å². The number of hydrogen-bond acceptors (Lipinski definition) is 6. The second kappa shape index (κ2) is 11.6. The smallest absolute Gasteiger partial charge is 0.147 e. The lowest BCUT2D eigenvalue weighted by Gasteiger charge is -2.33. The fourth-order valence-electron chi connectivity index (χ4n) is 4.42. The Kier molecular flexibility index (Phi) is 8.35. The molecule has 0 amide bonds. The van der Waals surface area contributed by atoms with Gasteiger partial charge in [-0.25, -0.2) is 18.8 Å². The molecule has 4 rings (SSSR count). The Labute approximate surface area is 214 Å². The van der Waals surface area contributed by atoms with Crippen molar-refractivity contribution >= 4 is 23.6 Å². The third-order valence-electron chi connectivity index (χ3n) is 6.31. The van der Waals surface area contributed by atoms with Crippen LogP contribution in [0.4, 0.5) is 14.6 Å². The quantitative estimate of drug-likeness (QED) is 0.370. The molecule has 1 aliphatic rings.